The molecular weight excluding hydrogens is 405 g/mol. The topological polar surface area (TPSA) is 76.0 Å². The predicted molar refractivity (Wildman–Crippen MR) is 110 cm³/mol. The third kappa shape index (κ3) is 3.61. The van der Waals surface area contributed by atoms with Crippen LogP contribution in [-0.2, 0) is 6.18 Å². The summed E-state index contributed by atoms with van der Waals surface area (Å²) in [4.78, 5) is 21.3. The number of alkyl halides is 3. The van der Waals surface area contributed by atoms with Crippen molar-refractivity contribution in [1.82, 2.24) is 19.9 Å². The van der Waals surface area contributed by atoms with E-state index in [0.29, 0.717) is 11.4 Å². The van der Waals surface area contributed by atoms with Crippen molar-refractivity contribution >= 4 is 17.5 Å². The Kier molecular flexibility index (Phi) is 4.43. The Hall–Kier alpha value is -4.14. The summed E-state index contributed by atoms with van der Waals surface area (Å²) in [6.07, 6.45) is -1.44. The Balaban J connectivity index is 1.68. The number of nitrogens with zero attached hydrogens (tertiary/aromatic N) is 5. The molecule has 9 heteroatoms. The zero-order valence-electron chi connectivity index (χ0n) is 15.8. The number of amidine groups is 1. The van der Waals surface area contributed by atoms with Crippen LogP contribution in [0.2, 0.25) is 0 Å². The number of nitrogens with one attached hydrogen (secondary N) is 1. The number of aliphatic imine (C=N–C) groups is 1. The summed E-state index contributed by atoms with van der Waals surface area (Å²) in [6, 6.07) is 16.1. The Bertz CT molecular complexity index is 1300. The number of para-hydroxylation sites is 1. The fourth-order valence-electron chi connectivity index (χ4n) is 3.20. The number of aromatic nitrogens is 4. The molecule has 0 unspecified atom stereocenters. The van der Waals surface area contributed by atoms with Crippen LogP contribution >= 0.6 is 0 Å². The van der Waals surface area contributed by atoms with Gasteiger partial charge in [-0.1, -0.05) is 30.3 Å². The lowest BCUT2D eigenvalue weighted by molar-refractivity contribution is -0.137. The van der Waals surface area contributed by atoms with Crippen LogP contribution in [0.25, 0.3) is 22.8 Å². The van der Waals surface area contributed by atoms with Crippen LogP contribution in [0, 0.1) is 0 Å². The van der Waals surface area contributed by atoms with Crippen LogP contribution < -0.4 is 5.32 Å². The van der Waals surface area contributed by atoms with Crippen LogP contribution in [0.3, 0.4) is 0 Å². The fourth-order valence-corrected chi connectivity index (χ4v) is 3.20. The van der Waals surface area contributed by atoms with Crippen molar-refractivity contribution in [1.29, 1.82) is 0 Å². The molecule has 31 heavy (non-hydrogen) atoms. The van der Waals surface area contributed by atoms with Gasteiger partial charge in [0, 0.05) is 29.1 Å². The monoisotopic (exact) mass is 418 g/mol. The van der Waals surface area contributed by atoms with E-state index in [1.54, 1.807) is 18.3 Å². The minimum atomic E-state index is -4.56. The van der Waals surface area contributed by atoms with Crippen LogP contribution in [0.4, 0.5) is 24.8 Å². The van der Waals surface area contributed by atoms with E-state index >= 15 is 0 Å². The van der Waals surface area contributed by atoms with Gasteiger partial charge in [-0.25, -0.2) is 4.98 Å². The van der Waals surface area contributed by atoms with Crippen LogP contribution in [-0.4, -0.2) is 25.8 Å². The van der Waals surface area contributed by atoms with Crippen molar-refractivity contribution in [2.24, 2.45) is 4.99 Å². The van der Waals surface area contributed by atoms with E-state index in [1.807, 2.05) is 24.3 Å². The molecule has 5 rings (SSSR count). The summed E-state index contributed by atoms with van der Waals surface area (Å²) in [5.74, 6) is 0.600. The molecule has 4 aromatic rings. The van der Waals surface area contributed by atoms with Crippen molar-refractivity contribution < 1.29 is 13.2 Å². The average molecular weight is 418 g/mol. The highest BCUT2D eigenvalue weighted by Gasteiger charge is 2.34. The van der Waals surface area contributed by atoms with Crippen molar-refractivity contribution in [3.8, 4) is 22.8 Å². The third-order valence-corrected chi connectivity index (χ3v) is 4.66. The van der Waals surface area contributed by atoms with E-state index in [9.17, 15) is 13.2 Å². The predicted octanol–water partition coefficient (Wildman–Crippen LogP) is 5.12. The lowest BCUT2D eigenvalue weighted by Gasteiger charge is -2.22. The maximum Gasteiger partial charge on any atom is 0.417 e. The molecule has 1 aliphatic rings. The first-order valence-corrected chi connectivity index (χ1v) is 9.27. The van der Waals surface area contributed by atoms with Gasteiger partial charge in [-0.15, -0.1) is 0 Å². The summed E-state index contributed by atoms with van der Waals surface area (Å²) in [6.45, 7) is 0. The number of hydrogen-bond donors (Lipinski definition) is 1. The van der Waals surface area contributed by atoms with Crippen molar-refractivity contribution in [2.45, 2.75) is 6.18 Å². The first-order chi connectivity index (χ1) is 15.0. The van der Waals surface area contributed by atoms with Gasteiger partial charge in [0.2, 0.25) is 0 Å². The zero-order chi connectivity index (χ0) is 21.4. The number of halogens is 3. The van der Waals surface area contributed by atoms with E-state index in [1.165, 1.54) is 24.4 Å². The van der Waals surface area contributed by atoms with Crippen LogP contribution in [0.1, 0.15) is 11.1 Å². The number of pyridine rings is 1. The molecule has 0 spiro atoms. The molecule has 2 aromatic heterocycles. The number of anilines is 1. The summed E-state index contributed by atoms with van der Waals surface area (Å²) < 4.78 is 40.7. The highest BCUT2D eigenvalue weighted by Crippen LogP contribution is 2.36. The normalized spacial score (nSPS) is 14.0. The minimum Gasteiger partial charge on any atom is -0.339 e. The molecule has 0 aliphatic carbocycles. The minimum absolute atomic E-state index is 0.00201. The Labute approximate surface area is 174 Å². The number of fused-ring (bicyclic) bond motifs is 1. The SMILES string of the molecule is FC(F)(F)c1ccccc1-c1nc(/N=C2\Nc3ccccc32)nc(-c2cccnc2)n1. The van der Waals surface area contributed by atoms with Gasteiger partial charge < -0.3 is 5.32 Å². The summed E-state index contributed by atoms with van der Waals surface area (Å²) in [5, 5.41) is 3.08. The van der Waals surface area contributed by atoms with Crippen molar-refractivity contribution in [3.05, 3.63) is 84.2 Å². The molecule has 0 fully saturated rings. The molecule has 0 atom stereocenters. The Morgan fingerprint density at radius 1 is 0.774 bits per heavy atom. The highest BCUT2D eigenvalue weighted by molar-refractivity contribution is 6.21. The fraction of sp³-hybridized carbons (Fsp3) is 0.0455. The van der Waals surface area contributed by atoms with Crippen molar-refractivity contribution in [3.63, 3.8) is 0 Å². The van der Waals surface area contributed by atoms with Gasteiger partial charge >= 0.3 is 6.18 Å². The van der Waals surface area contributed by atoms with Gasteiger partial charge in [-0.2, -0.15) is 28.1 Å². The molecule has 6 nitrogen and oxygen atoms in total. The van der Waals surface area contributed by atoms with E-state index in [2.05, 4.69) is 30.2 Å². The summed E-state index contributed by atoms with van der Waals surface area (Å²) in [5.41, 5.74) is 1.35. The van der Waals surface area contributed by atoms with Gasteiger partial charge in [0.25, 0.3) is 5.95 Å². The molecule has 3 heterocycles. The van der Waals surface area contributed by atoms with Gasteiger partial charge in [-0.3, -0.25) is 4.98 Å². The van der Waals surface area contributed by atoms with Gasteiger partial charge in [-0.05, 0) is 30.3 Å². The molecule has 1 aliphatic heterocycles. The van der Waals surface area contributed by atoms with E-state index in [-0.39, 0.29) is 23.2 Å². The van der Waals surface area contributed by atoms with Gasteiger partial charge in [0.05, 0.1) is 11.3 Å². The van der Waals surface area contributed by atoms with E-state index in [4.69, 9.17) is 0 Å². The van der Waals surface area contributed by atoms with E-state index < -0.39 is 11.7 Å². The van der Waals surface area contributed by atoms with Crippen molar-refractivity contribution in [2.75, 3.05) is 5.32 Å². The largest absolute Gasteiger partial charge is 0.417 e. The first-order valence-electron chi connectivity index (χ1n) is 9.27. The number of benzene rings is 2. The van der Waals surface area contributed by atoms with Gasteiger partial charge in [0.15, 0.2) is 11.6 Å². The highest BCUT2D eigenvalue weighted by atomic mass is 19.4. The molecule has 1 N–H and O–H groups in total. The molecule has 0 bridgehead atoms. The van der Waals surface area contributed by atoms with Gasteiger partial charge in [0.1, 0.15) is 5.84 Å². The second-order valence-corrected chi connectivity index (χ2v) is 6.70. The molecule has 0 radical (unpaired) electrons. The van der Waals surface area contributed by atoms with Crippen LogP contribution in [0.15, 0.2) is 78.0 Å². The Morgan fingerprint density at radius 3 is 2.26 bits per heavy atom. The molecule has 0 amide bonds. The molecule has 0 saturated carbocycles. The summed E-state index contributed by atoms with van der Waals surface area (Å²) >= 11 is 0. The number of rotatable bonds is 3. The quantitative estimate of drug-likeness (QED) is 0.500. The maximum atomic E-state index is 13.6. The standard InChI is InChI=1S/C22H13F3N6/c23-22(24,25)16-9-3-1-7-14(16)19-28-18(13-6-5-11-26-12-13)29-21(30-19)31-20-15-8-2-4-10-17(15)27-20/h1-12H,(H,27,28,29,30,31). The molecule has 152 valence electrons. The average Bonchev–Trinajstić information content (AvgIpc) is 2.77. The smallest absolute Gasteiger partial charge is 0.339 e. The molecular formula is C22H13F3N6. The lowest BCUT2D eigenvalue weighted by Crippen LogP contribution is -2.25. The third-order valence-electron chi connectivity index (χ3n) is 4.66. The molecule has 2 aromatic carbocycles. The lowest BCUT2D eigenvalue weighted by atomic mass is 10.1. The zero-order valence-corrected chi connectivity index (χ0v) is 15.8. The molecule has 0 saturated heterocycles. The first kappa shape index (κ1) is 18.9. The second-order valence-electron chi connectivity index (χ2n) is 6.70. The Morgan fingerprint density at radius 2 is 1.52 bits per heavy atom. The maximum absolute atomic E-state index is 13.6. The van der Waals surface area contributed by atoms with E-state index in [0.717, 1.165) is 17.3 Å². The number of hydrogen-bond acceptors (Lipinski definition) is 5. The summed E-state index contributed by atoms with van der Waals surface area (Å²) in [7, 11) is 0. The second kappa shape index (κ2) is 7.28. The van der Waals surface area contributed by atoms with Crippen LogP contribution in [0.5, 0.6) is 0 Å².